The van der Waals surface area contributed by atoms with Gasteiger partial charge in [-0.1, -0.05) is 17.7 Å². The average Bonchev–Trinajstić information content (AvgIpc) is 2.58. The highest BCUT2D eigenvalue weighted by Crippen LogP contribution is 2.26. The lowest BCUT2D eigenvalue weighted by Gasteiger charge is -2.21. The molecule has 0 atom stereocenters. The Balaban J connectivity index is 2.07. The van der Waals surface area contributed by atoms with Crippen LogP contribution in [0.3, 0.4) is 0 Å². The summed E-state index contributed by atoms with van der Waals surface area (Å²) < 4.78 is 18.5. The molecule has 0 saturated carbocycles. The first-order valence-electron chi connectivity index (χ1n) is 7.99. The van der Waals surface area contributed by atoms with Crippen LogP contribution in [0.15, 0.2) is 36.4 Å². The molecule has 7 heteroatoms. The van der Waals surface area contributed by atoms with Crippen molar-refractivity contribution in [3.8, 4) is 5.75 Å². The van der Waals surface area contributed by atoms with Gasteiger partial charge in [-0.2, -0.15) is 0 Å². The lowest BCUT2D eigenvalue weighted by atomic mass is 10.2. The third-order valence-electron chi connectivity index (χ3n) is 3.79. The van der Waals surface area contributed by atoms with Gasteiger partial charge >= 0.3 is 0 Å². The summed E-state index contributed by atoms with van der Waals surface area (Å²) in [6, 6.07) is 9.45. The molecule has 0 aliphatic heterocycles. The first-order chi connectivity index (χ1) is 12.3. The highest BCUT2D eigenvalue weighted by Gasteiger charge is 2.16. The molecule has 0 unspecified atom stereocenters. The van der Waals surface area contributed by atoms with Crippen LogP contribution in [0.1, 0.15) is 18.9 Å². The highest BCUT2D eigenvalue weighted by molar-refractivity contribution is 6.31. The first-order valence-corrected chi connectivity index (χ1v) is 8.37. The van der Waals surface area contributed by atoms with E-state index in [4.69, 9.17) is 16.3 Å². The quantitative estimate of drug-likeness (QED) is 0.820. The number of methoxy groups -OCH3 is 1. The Kier molecular flexibility index (Phi) is 6.58. The van der Waals surface area contributed by atoms with Crippen molar-refractivity contribution in [2.24, 2.45) is 0 Å². The number of hydrogen-bond donors (Lipinski definition) is 1. The van der Waals surface area contributed by atoms with E-state index >= 15 is 0 Å². The predicted octanol–water partition coefficient (Wildman–Crippen LogP) is 4.18. The van der Waals surface area contributed by atoms with Gasteiger partial charge in [-0.25, -0.2) is 4.39 Å². The number of ether oxygens (including phenoxy) is 1. The minimum Gasteiger partial charge on any atom is -0.495 e. The number of rotatable bonds is 6. The van der Waals surface area contributed by atoms with E-state index in [-0.39, 0.29) is 29.8 Å². The summed E-state index contributed by atoms with van der Waals surface area (Å²) in [7, 11) is 1.52. The molecule has 0 aliphatic carbocycles. The van der Waals surface area contributed by atoms with Crippen molar-refractivity contribution in [2.75, 3.05) is 23.9 Å². The molecule has 0 spiro atoms. The van der Waals surface area contributed by atoms with Crippen LogP contribution in [0.25, 0.3) is 0 Å². The number of benzene rings is 2. The molecule has 138 valence electrons. The van der Waals surface area contributed by atoms with Gasteiger partial charge < -0.3 is 15.0 Å². The minimum absolute atomic E-state index is 0.0612. The zero-order valence-electron chi connectivity index (χ0n) is 14.8. The van der Waals surface area contributed by atoms with E-state index in [2.05, 4.69) is 5.32 Å². The van der Waals surface area contributed by atoms with E-state index in [1.54, 1.807) is 12.1 Å². The molecule has 0 radical (unpaired) electrons. The van der Waals surface area contributed by atoms with E-state index < -0.39 is 5.82 Å². The Morgan fingerprint density at radius 1 is 1.23 bits per heavy atom. The van der Waals surface area contributed by atoms with Gasteiger partial charge in [0.2, 0.25) is 11.8 Å². The minimum atomic E-state index is -0.566. The van der Waals surface area contributed by atoms with Crippen molar-refractivity contribution in [2.45, 2.75) is 20.3 Å². The van der Waals surface area contributed by atoms with Gasteiger partial charge in [0.1, 0.15) is 11.6 Å². The molecule has 0 heterocycles. The van der Waals surface area contributed by atoms with Crippen LogP contribution in [-0.2, 0) is 9.59 Å². The number of anilines is 2. The standard InChI is InChI=1S/C19H20ClFN2O3/c1-12-4-7-18(26-3)17(10-12)22-19(25)8-9-23(13(2)24)14-5-6-16(21)15(20)11-14/h4-7,10-11H,8-9H2,1-3H3,(H,22,25). The Bertz CT molecular complexity index is 826. The van der Waals surface area contributed by atoms with Gasteiger partial charge in [-0.15, -0.1) is 0 Å². The normalized spacial score (nSPS) is 10.3. The van der Waals surface area contributed by atoms with E-state index in [0.29, 0.717) is 17.1 Å². The van der Waals surface area contributed by atoms with Crippen molar-refractivity contribution >= 4 is 34.8 Å². The lowest BCUT2D eigenvalue weighted by Crippen LogP contribution is -2.32. The maximum Gasteiger partial charge on any atom is 0.226 e. The van der Waals surface area contributed by atoms with Crippen LogP contribution >= 0.6 is 11.6 Å². The van der Waals surface area contributed by atoms with E-state index in [1.807, 2.05) is 13.0 Å². The summed E-state index contributed by atoms with van der Waals surface area (Å²) in [5, 5.41) is 2.70. The first kappa shape index (κ1) is 19.7. The van der Waals surface area contributed by atoms with Crippen LogP contribution < -0.4 is 15.0 Å². The molecule has 2 rings (SSSR count). The molecule has 1 N–H and O–H groups in total. The maximum atomic E-state index is 13.3. The fourth-order valence-electron chi connectivity index (χ4n) is 2.47. The molecule has 2 aromatic rings. The molecule has 0 aliphatic rings. The number of amides is 2. The number of hydrogen-bond acceptors (Lipinski definition) is 3. The van der Waals surface area contributed by atoms with Gasteiger partial charge in [0.05, 0.1) is 17.8 Å². The van der Waals surface area contributed by atoms with E-state index in [0.717, 1.165) is 5.56 Å². The largest absolute Gasteiger partial charge is 0.495 e. The Morgan fingerprint density at radius 3 is 2.58 bits per heavy atom. The fourth-order valence-corrected chi connectivity index (χ4v) is 2.64. The monoisotopic (exact) mass is 378 g/mol. The number of aryl methyl sites for hydroxylation is 1. The van der Waals surface area contributed by atoms with Crippen molar-refractivity contribution in [1.82, 2.24) is 0 Å². The molecular weight excluding hydrogens is 359 g/mol. The van der Waals surface area contributed by atoms with E-state index in [9.17, 15) is 14.0 Å². The number of halogens is 2. The fraction of sp³-hybridized carbons (Fsp3) is 0.263. The van der Waals surface area contributed by atoms with Gasteiger partial charge in [0.15, 0.2) is 0 Å². The van der Waals surface area contributed by atoms with Crippen molar-refractivity contribution in [1.29, 1.82) is 0 Å². The summed E-state index contributed by atoms with van der Waals surface area (Å²) in [6.45, 7) is 3.42. The third kappa shape index (κ3) is 4.95. The zero-order valence-corrected chi connectivity index (χ0v) is 15.6. The average molecular weight is 379 g/mol. The van der Waals surface area contributed by atoms with Gasteiger partial charge in [0.25, 0.3) is 0 Å². The summed E-state index contributed by atoms with van der Waals surface area (Å²) in [5.74, 6) is -0.553. The molecule has 0 bridgehead atoms. The van der Waals surface area contributed by atoms with Crippen LogP contribution in [0.4, 0.5) is 15.8 Å². The molecule has 2 aromatic carbocycles. The number of carbonyl (C=O) groups excluding carboxylic acids is 2. The second-order valence-electron chi connectivity index (χ2n) is 5.77. The van der Waals surface area contributed by atoms with Crippen molar-refractivity contribution in [3.05, 3.63) is 52.8 Å². The summed E-state index contributed by atoms with van der Waals surface area (Å²) in [4.78, 5) is 25.5. The molecule has 0 saturated heterocycles. The Morgan fingerprint density at radius 2 is 1.96 bits per heavy atom. The second-order valence-corrected chi connectivity index (χ2v) is 6.18. The lowest BCUT2D eigenvalue weighted by molar-refractivity contribution is -0.117. The molecular formula is C19H20ClFN2O3. The van der Waals surface area contributed by atoms with Gasteiger partial charge in [0, 0.05) is 25.6 Å². The molecule has 5 nitrogen and oxygen atoms in total. The molecule has 2 amide bonds. The topological polar surface area (TPSA) is 58.6 Å². The Labute approximate surface area is 156 Å². The third-order valence-corrected chi connectivity index (χ3v) is 4.08. The van der Waals surface area contributed by atoms with Crippen LogP contribution in [0.5, 0.6) is 5.75 Å². The molecule has 0 aromatic heterocycles. The number of nitrogens with one attached hydrogen (secondary N) is 1. The zero-order chi connectivity index (χ0) is 19.3. The van der Waals surface area contributed by atoms with Gasteiger partial charge in [-0.05, 0) is 42.8 Å². The summed E-state index contributed by atoms with van der Waals surface area (Å²) >= 11 is 5.77. The van der Waals surface area contributed by atoms with Crippen molar-refractivity contribution < 1.29 is 18.7 Å². The number of nitrogens with zero attached hydrogens (tertiary/aromatic N) is 1. The van der Waals surface area contributed by atoms with E-state index in [1.165, 1.54) is 37.1 Å². The Hall–Kier alpha value is -2.60. The predicted molar refractivity (Wildman–Crippen MR) is 100 cm³/mol. The SMILES string of the molecule is COc1ccc(C)cc1NC(=O)CCN(C(C)=O)c1ccc(F)c(Cl)c1. The smallest absolute Gasteiger partial charge is 0.226 e. The van der Waals surface area contributed by atoms with Crippen LogP contribution in [0, 0.1) is 12.7 Å². The van der Waals surface area contributed by atoms with Crippen LogP contribution in [-0.4, -0.2) is 25.5 Å². The molecule has 0 fully saturated rings. The molecule has 26 heavy (non-hydrogen) atoms. The highest BCUT2D eigenvalue weighted by atomic mass is 35.5. The maximum absolute atomic E-state index is 13.3. The van der Waals surface area contributed by atoms with Gasteiger partial charge in [-0.3, -0.25) is 9.59 Å². The van der Waals surface area contributed by atoms with Crippen molar-refractivity contribution in [3.63, 3.8) is 0 Å². The second kappa shape index (κ2) is 8.67. The van der Waals surface area contributed by atoms with Crippen LogP contribution in [0.2, 0.25) is 5.02 Å². The summed E-state index contributed by atoms with van der Waals surface area (Å²) in [5.41, 5.74) is 1.98. The number of carbonyl (C=O) groups is 2. The summed E-state index contributed by atoms with van der Waals surface area (Å²) in [6.07, 6.45) is 0.0612.